The van der Waals surface area contributed by atoms with Crippen molar-refractivity contribution in [2.24, 2.45) is 0 Å². The Kier molecular flexibility index (Phi) is 4.83. The van der Waals surface area contributed by atoms with Crippen LogP contribution in [0.25, 0.3) is 0 Å². The van der Waals surface area contributed by atoms with Gasteiger partial charge in [0.1, 0.15) is 0 Å². The number of rotatable bonds is 6. The third kappa shape index (κ3) is 2.90. The van der Waals surface area contributed by atoms with E-state index in [0.29, 0.717) is 5.56 Å². The van der Waals surface area contributed by atoms with E-state index in [9.17, 15) is 9.59 Å². The van der Waals surface area contributed by atoms with Crippen molar-refractivity contribution in [3.63, 3.8) is 0 Å². The average Bonchev–Trinajstić information content (AvgIpc) is 2.90. The molecule has 0 bridgehead atoms. The van der Waals surface area contributed by atoms with Crippen molar-refractivity contribution in [3.8, 4) is 0 Å². The number of carbonyl (C=O) groups excluding carboxylic acids is 2. The van der Waals surface area contributed by atoms with Crippen LogP contribution in [0, 0.1) is 0 Å². The first-order valence-corrected chi connectivity index (χ1v) is 7.92. The van der Waals surface area contributed by atoms with Gasteiger partial charge in [0.25, 0.3) is 5.91 Å². The van der Waals surface area contributed by atoms with E-state index in [1.165, 1.54) is 19.1 Å². The molecule has 6 nitrogen and oxygen atoms in total. The standard InChI is InChI=1S/C19H20N2O4/c1-24-17(25-2)19(15-11-7-4-8-12-15)16(22)21(18(23)20-19)13-14-9-5-3-6-10-14/h3-12,17H,13H2,1-2H3,(H,20,23)/t19-/m1/s1. The van der Waals surface area contributed by atoms with Gasteiger partial charge in [0.2, 0.25) is 0 Å². The van der Waals surface area contributed by atoms with Crippen LogP contribution in [0.5, 0.6) is 0 Å². The van der Waals surface area contributed by atoms with E-state index < -0.39 is 23.8 Å². The molecule has 1 fully saturated rings. The number of nitrogens with zero attached hydrogens (tertiary/aromatic N) is 1. The first-order chi connectivity index (χ1) is 12.1. The van der Waals surface area contributed by atoms with E-state index in [2.05, 4.69) is 5.32 Å². The highest BCUT2D eigenvalue weighted by Gasteiger charge is 2.58. The van der Waals surface area contributed by atoms with Gasteiger partial charge in [-0.25, -0.2) is 4.79 Å². The van der Waals surface area contributed by atoms with E-state index in [1.807, 2.05) is 36.4 Å². The zero-order valence-corrected chi connectivity index (χ0v) is 14.1. The second-order valence-electron chi connectivity index (χ2n) is 5.78. The molecular formula is C19H20N2O4. The van der Waals surface area contributed by atoms with Gasteiger partial charge >= 0.3 is 6.03 Å². The Labute approximate surface area is 146 Å². The number of hydrogen-bond donors (Lipinski definition) is 1. The molecule has 1 atom stereocenters. The van der Waals surface area contributed by atoms with Gasteiger partial charge in [0.05, 0.1) is 6.54 Å². The van der Waals surface area contributed by atoms with Crippen LogP contribution in [0.4, 0.5) is 4.79 Å². The molecule has 0 radical (unpaired) electrons. The first kappa shape index (κ1) is 17.1. The molecule has 1 aliphatic rings. The third-order valence-corrected chi connectivity index (χ3v) is 4.33. The maximum Gasteiger partial charge on any atom is 0.325 e. The van der Waals surface area contributed by atoms with E-state index in [-0.39, 0.29) is 6.54 Å². The number of benzene rings is 2. The maximum atomic E-state index is 13.3. The fourth-order valence-corrected chi connectivity index (χ4v) is 3.15. The van der Waals surface area contributed by atoms with Crippen LogP contribution in [0.1, 0.15) is 11.1 Å². The van der Waals surface area contributed by atoms with E-state index in [0.717, 1.165) is 5.56 Å². The lowest BCUT2D eigenvalue weighted by molar-refractivity contribution is -0.170. The van der Waals surface area contributed by atoms with Crippen molar-refractivity contribution in [1.82, 2.24) is 10.2 Å². The number of imide groups is 1. The minimum Gasteiger partial charge on any atom is -0.353 e. The van der Waals surface area contributed by atoms with Gasteiger partial charge in [-0.1, -0.05) is 60.7 Å². The summed E-state index contributed by atoms with van der Waals surface area (Å²) in [6.07, 6.45) is -0.952. The van der Waals surface area contributed by atoms with Crippen molar-refractivity contribution < 1.29 is 19.1 Å². The summed E-state index contributed by atoms with van der Waals surface area (Å²) in [5.74, 6) is -0.402. The monoisotopic (exact) mass is 340 g/mol. The molecule has 1 saturated heterocycles. The van der Waals surface area contributed by atoms with Crippen LogP contribution >= 0.6 is 0 Å². The Balaban J connectivity index is 2.02. The molecule has 0 saturated carbocycles. The van der Waals surface area contributed by atoms with Gasteiger partial charge < -0.3 is 14.8 Å². The quantitative estimate of drug-likeness (QED) is 0.647. The third-order valence-electron chi connectivity index (χ3n) is 4.33. The average molecular weight is 340 g/mol. The zero-order chi connectivity index (χ0) is 17.9. The van der Waals surface area contributed by atoms with Gasteiger partial charge in [-0.2, -0.15) is 0 Å². The van der Waals surface area contributed by atoms with Crippen LogP contribution in [0.3, 0.4) is 0 Å². The fraction of sp³-hybridized carbons (Fsp3) is 0.263. The van der Waals surface area contributed by atoms with Crippen LogP contribution < -0.4 is 5.32 Å². The predicted octanol–water partition coefficient (Wildman–Crippen LogP) is 2.25. The second kappa shape index (κ2) is 7.04. The Morgan fingerprint density at radius 3 is 2.08 bits per heavy atom. The molecular weight excluding hydrogens is 320 g/mol. The molecule has 0 unspecified atom stereocenters. The minimum absolute atomic E-state index is 0.181. The normalized spacial score (nSPS) is 20.2. The molecule has 1 N–H and O–H groups in total. The molecule has 1 aliphatic heterocycles. The minimum atomic E-state index is -1.42. The fourth-order valence-electron chi connectivity index (χ4n) is 3.15. The van der Waals surface area contributed by atoms with Gasteiger partial charge in [0.15, 0.2) is 11.8 Å². The highest BCUT2D eigenvalue weighted by atomic mass is 16.7. The predicted molar refractivity (Wildman–Crippen MR) is 91.4 cm³/mol. The number of nitrogens with one attached hydrogen (secondary N) is 1. The number of urea groups is 1. The van der Waals surface area contributed by atoms with Crippen molar-refractivity contribution in [2.45, 2.75) is 18.4 Å². The lowest BCUT2D eigenvalue weighted by Crippen LogP contribution is -2.55. The van der Waals surface area contributed by atoms with Gasteiger partial charge in [-0.3, -0.25) is 9.69 Å². The summed E-state index contributed by atoms with van der Waals surface area (Å²) in [6, 6.07) is 17.9. The summed E-state index contributed by atoms with van der Waals surface area (Å²) < 4.78 is 10.7. The van der Waals surface area contributed by atoms with E-state index in [4.69, 9.17) is 9.47 Å². The summed E-state index contributed by atoms with van der Waals surface area (Å²) in [4.78, 5) is 27.1. The maximum absolute atomic E-state index is 13.3. The van der Waals surface area contributed by atoms with Crippen molar-refractivity contribution >= 4 is 11.9 Å². The summed E-state index contributed by atoms with van der Waals surface area (Å²) in [7, 11) is 2.89. The highest BCUT2D eigenvalue weighted by Crippen LogP contribution is 2.35. The van der Waals surface area contributed by atoms with Gasteiger partial charge in [-0.15, -0.1) is 0 Å². The zero-order valence-electron chi connectivity index (χ0n) is 14.1. The SMILES string of the molecule is COC(OC)[C@]1(c2ccccc2)NC(=O)N(Cc2ccccc2)C1=O. The Morgan fingerprint density at radius 1 is 0.960 bits per heavy atom. The Morgan fingerprint density at radius 2 is 1.52 bits per heavy atom. The molecule has 0 aromatic heterocycles. The summed E-state index contributed by atoms with van der Waals surface area (Å²) in [5, 5.41) is 2.79. The molecule has 130 valence electrons. The number of methoxy groups -OCH3 is 2. The van der Waals surface area contributed by atoms with Crippen molar-refractivity contribution in [3.05, 3.63) is 71.8 Å². The molecule has 25 heavy (non-hydrogen) atoms. The Hall–Kier alpha value is -2.70. The van der Waals surface area contributed by atoms with E-state index in [1.54, 1.807) is 24.3 Å². The lowest BCUT2D eigenvalue weighted by Gasteiger charge is -2.33. The van der Waals surface area contributed by atoms with E-state index >= 15 is 0 Å². The number of ether oxygens (including phenoxy) is 2. The molecule has 0 spiro atoms. The highest BCUT2D eigenvalue weighted by molar-refractivity contribution is 6.07. The summed E-state index contributed by atoms with van der Waals surface area (Å²) >= 11 is 0. The largest absolute Gasteiger partial charge is 0.353 e. The Bertz CT molecular complexity index is 747. The van der Waals surface area contributed by atoms with Crippen LogP contribution in [-0.4, -0.2) is 37.3 Å². The first-order valence-electron chi connectivity index (χ1n) is 7.92. The number of hydrogen-bond acceptors (Lipinski definition) is 4. The van der Waals surface area contributed by atoms with Gasteiger partial charge in [-0.05, 0) is 11.1 Å². The second-order valence-corrected chi connectivity index (χ2v) is 5.78. The summed E-state index contributed by atoms with van der Waals surface area (Å²) in [5.41, 5.74) is 0.0511. The molecule has 3 amide bonds. The smallest absolute Gasteiger partial charge is 0.325 e. The lowest BCUT2D eigenvalue weighted by atomic mass is 9.88. The number of amides is 3. The molecule has 3 rings (SSSR count). The topological polar surface area (TPSA) is 67.9 Å². The van der Waals surface area contributed by atoms with Crippen molar-refractivity contribution in [2.75, 3.05) is 14.2 Å². The molecule has 0 aliphatic carbocycles. The molecule has 1 heterocycles. The van der Waals surface area contributed by atoms with Crippen LogP contribution in [-0.2, 0) is 26.4 Å². The molecule has 6 heteroatoms. The molecule has 2 aromatic carbocycles. The summed E-state index contributed by atoms with van der Waals surface area (Å²) in [6.45, 7) is 0.181. The van der Waals surface area contributed by atoms with Crippen LogP contribution in [0.2, 0.25) is 0 Å². The van der Waals surface area contributed by atoms with Crippen molar-refractivity contribution in [1.29, 1.82) is 0 Å². The van der Waals surface area contributed by atoms with Crippen LogP contribution in [0.15, 0.2) is 60.7 Å². The van der Waals surface area contributed by atoms with Gasteiger partial charge in [0, 0.05) is 14.2 Å². The molecule has 2 aromatic rings. The number of carbonyl (C=O) groups is 2.